The van der Waals surface area contributed by atoms with Crippen LogP contribution in [0.15, 0.2) is 53.4 Å². The van der Waals surface area contributed by atoms with Crippen molar-refractivity contribution in [2.75, 3.05) is 0 Å². The molecule has 1 aromatic carbocycles. The quantitative estimate of drug-likeness (QED) is 0.509. The molecule has 4 nitrogen and oxygen atoms in total. The molecule has 21 heavy (non-hydrogen) atoms. The van der Waals surface area contributed by atoms with E-state index in [-0.39, 0.29) is 4.90 Å². The number of hydrogen-bond acceptors (Lipinski definition) is 3. The van der Waals surface area contributed by atoms with Crippen molar-refractivity contribution in [3.63, 3.8) is 0 Å². The topological polar surface area (TPSA) is 52.0 Å². The number of hydrogen-bond donors (Lipinski definition) is 0. The number of nitrogens with zero attached hydrogens (tertiary/aromatic N) is 2. The number of rotatable bonds is 3. The monoisotopic (exact) mass is 384 g/mol. The summed E-state index contributed by atoms with van der Waals surface area (Å²) in [5, 5.41) is 0.727. The molecule has 0 amide bonds. The van der Waals surface area contributed by atoms with Gasteiger partial charge in [-0.2, -0.15) is 0 Å². The normalized spacial score (nSPS) is 11.9. The lowest BCUT2D eigenvalue weighted by molar-refractivity contribution is 0.588. The molecule has 108 valence electrons. The number of fused-ring (bicyclic) bond motifs is 1. The third-order valence-corrected chi connectivity index (χ3v) is 5.63. The van der Waals surface area contributed by atoms with Gasteiger partial charge in [-0.15, -0.1) is 0 Å². The number of halogens is 2. The predicted octanol–water partition coefficient (Wildman–Crippen LogP) is 3.82. The van der Waals surface area contributed by atoms with Crippen LogP contribution in [0.4, 0.5) is 0 Å². The second kappa shape index (κ2) is 5.44. The van der Waals surface area contributed by atoms with Gasteiger partial charge in [-0.3, -0.25) is 0 Å². The van der Waals surface area contributed by atoms with Crippen molar-refractivity contribution in [1.82, 2.24) is 8.96 Å². The molecule has 0 saturated carbocycles. The summed E-state index contributed by atoms with van der Waals surface area (Å²) in [6.45, 7) is 0. The van der Waals surface area contributed by atoms with Gasteiger partial charge >= 0.3 is 0 Å². The Kier molecular flexibility index (Phi) is 3.77. The van der Waals surface area contributed by atoms with Crippen LogP contribution in [-0.4, -0.2) is 17.4 Å². The van der Waals surface area contributed by atoms with Crippen LogP contribution in [0.5, 0.6) is 0 Å². The van der Waals surface area contributed by atoms with Crippen molar-refractivity contribution in [3.05, 3.63) is 59.4 Å². The molecule has 0 aliphatic carbocycles. The first-order chi connectivity index (χ1) is 10.0. The first-order valence-electron chi connectivity index (χ1n) is 6.07. The Bertz CT molecular complexity index is 907. The van der Waals surface area contributed by atoms with Crippen molar-refractivity contribution in [2.45, 2.75) is 10.2 Å². The minimum absolute atomic E-state index is 0.236. The van der Waals surface area contributed by atoms with Gasteiger partial charge in [-0.1, -0.05) is 45.7 Å². The van der Waals surface area contributed by atoms with Crippen molar-refractivity contribution in [1.29, 1.82) is 0 Å². The fraction of sp³-hybridized carbons (Fsp3) is 0.0714. The molecule has 0 unspecified atom stereocenters. The molecule has 0 bridgehead atoms. The molecule has 3 rings (SSSR count). The molecule has 7 heteroatoms. The van der Waals surface area contributed by atoms with Gasteiger partial charge < -0.3 is 0 Å². The molecular weight excluding hydrogens is 376 g/mol. The van der Waals surface area contributed by atoms with Gasteiger partial charge in [0, 0.05) is 11.0 Å². The summed E-state index contributed by atoms with van der Waals surface area (Å²) in [6, 6.07) is 13.3. The zero-order valence-electron chi connectivity index (χ0n) is 10.7. The highest BCUT2D eigenvalue weighted by Crippen LogP contribution is 2.27. The number of benzene rings is 1. The van der Waals surface area contributed by atoms with E-state index in [1.54, 1.807) is 48.5 Å². The molecule has 0 atom stereocenters. The average molecular weight is 386 g/mol. The summed E-state index contributed by atoms with van der Waals surface area (Å²) in [7, 11) is -3.67. The summed E-state index contributed by atoms with van der Waals surface area (Å²) >= 11 is 9.20. The molecule has 2 heterocycles. The minimum atomic E-state index is -3.67. The highest BCUT2D eigenvalue weighted by atomic mass is 79.9. The molecule has 0 spiro atoms. The Hall–Kier alpha value is -1.37. The SMILES string of the molecule is O=S(=O)(c1ccccc1)n1c(CBr)cc2nc(Cl)ccc21. The van der Waals surface area contributed by atoms with Crippen molar-refractivity contribution in [3.8, 4) is 0 Å². The Balaban J connectivity index is 2.34. The van der Waals surface area contributed by atoms with Gasteiger partial charge in [-0.05, 0) is 30.3 Å². The number of aromatic nitrogens is 2. The van der Waals surface area contributed by atoms with Crippen LogP contribution < -0.4 is 0 Å². The van der Waals surface area contributed by atoms with E-state index in [1.807, 2.05) is 0 Å². The van der Waals surface area contributed by atoms with Crippen LogP contribution in [0.25, 0.3) is 11.0 Å². The Labute approximate surface area is 135 Å². The largest absolute Gasteiger partial charge is 0.268 e. The molecule has 0 aliphatic heterocycles. The van der Waals surface area contributed by atoms with E-state index in [1.165, 1.54) is 3.97 Å². The smallest absolute Gasteiger partial charge is 0.235 e. The molecule has 0 fully saturated rings. The van der Waals surface area contributed by atoms with Crippen LogP contribution in [0, 0.1) is 0 Å². The number of pyridine rings is 1. The molecular formula is C14H10BrClN2O2S. The molecule has 2 aromatic heterocycles. The van der Waals surface area contributed by atoms with Crippen molar-refractivity contribution in [2.24, 2.45) is 0 Å². The van der Waals surface area contributed by atoms with Gasteiger partial charge in [0.15, 0.2) is 0 Å². The Morgan fingerprint density at radius 2 is 1.86 bits per heavy atom. The maximum absolute atomic E-state index is 12.9. The lowest BCUT2D eigenvalue weighted by Gasteiger charge is -2.10. The van der Waals surface area contributed by atoms with E-state index >= 15 is 0 Å². The zero-order chi connectivity index (χ0) is 15.0. The second-order valence-corrected chi connectivity index (χ2v) is 7.12. The molecule has 0 N–H and O–H groups in total. The van der Waals surface area contributed by atoms with Gasteiger partial charge in [0.25, 0.3) is 10.0 Å². The molecule has 0 aliphatic rings. The maximum atomic E-state index is 12.9. The third kappa shape index (κ3) is 2.47. The van der Waals surface area contributed by atoms with E-state index in [2.05, 4.69) is 20.9 Å². The van der Waals surface area contributed by atoms with Crippen LogP contribution >= 0.6 is 27.5 Å². The van der Waals surface area contributed by atoms with E-state index in [0.29, 0.717) is 27.2 Å². The fourth-order valence-electron chi connectivity index (χ4n) is 2.17. The van der Waals surface area contributed by atoms with Gasteiger partial charge in [0.05, 0.1) is 15.9 Å². The van der Waals surface area contributed by atoms with Crippen LogP contribution in [0.2, 0.25) is 5.15 Å². The lowest BCUT2D eigenvalue weighted by atomic mass is 10.4. The summed E-state index contributed by atoms with van der Waals surface area (Å²) in [5.41, 5.74) is 1.66. The van der Waals surface area contributed by atoms with E-state index < -0.39 is 10.0 Å². The summed E-state index contributed by atoms with van der Waals surface area (Å²) in [6.07, 6.45) is 0. The zero-order valence-corrected chi connectivity index (χ0v) is 13.9. The highest BCUT2D eigenvalue weighted by Gasteiger charge is 2.22. The van der Waals surface area contributed by atoms with Crippen molar-refractivity contribution >= 4 is 48.6 Å². The molecule has 0 radical (unpaired) electrons. The highest BCUT2D eigenvalue weighted by molar-refractivity contribution is 9.08. The van der Waals surface area contributed by atoms with E-state index in [0.717, 1.165) is 0 Å². The third-order valence-electron chi connectivity index (χ3n) is 3.07. The van der Waals surface area contributed by atoms with Crippen LogP contribution in [0.1, 0.15) is 5.69 Å². The minimum Gasteiger partial charge on any atom is -0.235 e. The van der Waals surface area contributed by atoms with Crippen molar-refractivity contribution < 1.29 is 8.42 Å². The molecule has 3 aromatic rings. The summed E-state index contributed by atoms with van der Waals surface area (Å²) in [5.74, 6) is 0. The van der Waals surface area contributed by atoms with E-state index in [4.69, 9.17) is 11.6 Å². The van der Waals surface area contributed by atoms with Gasteiger partial charge in [0.1, 0.15) is 5.15 Å². The van der Waals surface area contributed by atoms with Gasteiger partial charge in [0.2, 0.25) is 0 Å². The lowest BCUT2D eigenvalue weighted by Crippen LogP contribution is -2.15. The van der Waals surface area contributed by atoms with Crippen LogP contribution in [-0.2, 0) is 15.4 Å². The van der Waals surface area contributed by atoms with Gasteiger partial charge in [-0.25, -0.2) is 17.4 Å². The predicted molar refractivity (Wildman–Crippen MR) is 86.4 cm³/mol. The summed E-state index contributed by atoms with van der Waals surface area (Å²) < 4.78 is 27.0. The Morgan fingerprint density at radius 3 is 2.52 bits per heavy atom. The molecule has 0 saturated heterocycles. The Morgan fingerprint density at radius 1 is 1.14 bits per heavy atom. The average Bonchev–Trinajstić information content (AvgIpc) is 2.86. The van der Waals surface area contributed by atoms with E-state index in [9.17, 15) is 8.42 Å². The summed E-state index contributed by atoms with van der Waals surface area (Å²) in [4.78, 5) is 4.41. The van der Waals surface area contributed by atoms with Crippen LogP contribution in [0.3, 0.4) is 0 Å². The number of alkyl halides is 1. The standard InChI is InChI=1S/C14H10BrClN2O2S/c15-9-10-8-12-13(6-7-14(16)17-12)18(10)21(19,20)11-4-2-1-3-5-11/h1-8H,9H2. The maximum Gasteiger partial charge on any atom is 0.268 e. The first-order valence-corrected chi connectivity index (χ1v) is 9.01. The second-order valence-electron chi connectivity index (χ2n) is 4.39. The fourth-order valence-corrected chi connectivity index (χ4v) is 4.45. The first kappa shape index (κ1) is 14.6.